The summed E-state index contributed by atoms with van der Waals surface area (Å²) in [7, 11) is 0. The molecule has 1 aromatic rings. The maximum absolute atomic E-state index is 12.1. The number of morpholine rings is 1. The zero-order valence-corrected chi connectivity index (χ0v) is 10.6. The van der Waals surface area contributed by atoms with Gasteiger partial charge >= 0.3 is 0 Å². The van der Waals surface area contributed by atoms with Crippen molar-refractivity contribution in [2.75, 3.05) is 19.8 Å². The minimum atomic E-state index is -0.0247. The second-order valence-corrected chi connectivity index (χ2v) is 4.70. The Labute approximate surface area is 103 Å². The summed E-state index contributed by atoms with van der Waals surface area (Å²) in [5.41, 5.74) is 0.483. The smallest absolute Gasteiger partial charge is 0.272 e. The Bertz CT molecular complexity index is 380. The van der Waals surface area contributed by atoms with Crippen molar-refractivity contribution in [2.45, 2.75) is 13.0 Å². The fourth-order valence-electron chi connectivity index (χ4n) is 1.68. The molecule has 0 saturated carbocycles. The second-order valence-electron chi connectivity index (χ2n) is 3.78. The van der Waals surface area contributed by atoms with Crippen molar-refractivity contribution >= 4 is 21.8 Å². The highest BCUT2D eigenvalue weighted by atomic mass is 79.9. The minimum Gasteiger partial charge on any atom is -0.377 e. The minimum absolute atomic E-state index is 0.0247. The van der Waals surface area contributed by atoms with E-state index in [1.54, 1.807) is 17.2 Å². The lowest BCUT2D eigenvalue weighted by Gasteiger charge is -2.33. The number of amides is 1. The summed E-state index contributed by atoms with van der Waals surface area (Å²) in [6, 6.07) is 3.67. The first kappa shape index (κ1) is 11.5. The quantitative estimate of drug-likeness (QED) is 0.788. The Kier molecular flexibility index (Phi) is 3.56. The molecule has 0 bridgehead atoms. The molecule has 0 spiro atoms. The van der Waals surface area contributed by atoms with Crippen LogP contribution < -0.4 is 0 Å². The Hall–Kier alpha value is -0.940. The lowest BCUT2D eigenvalue weighted by molar-refractivity contribution is 0.00327. The van der Waals surface area contributed by atoms with E-state index in [2.05, 4.69) is 20.9 Å². The highest BCUT2D eigenvalue weighted by Crippen LogP contribution is 2.13. The largest absolute Gasteiger partial charge is 0.377 e. The van der Waals surface area contributed by atoms with Crippen LogP contribution in [0.2, 0.25) is 0 Å². The van der Waals surface area contributed by atoms with E-state index < -0.39 is 0 Å². The molecule has 0 N–H and O–H groups in total. The highest BCUT2D eigenvalue weighted by molar-refractivity contribution is 9.10. The molecule has 1 aliphatic rings. The van der Waals surface area contributed by atoms with E-state index in [1.165, 1.54) is 0 Å². The molecule has 0 aromatic carbocycles. The Morgan fingerprint density at radius 1 is 1.62 bits per heavy atom. The van der Waals surface area contributed by atoms with Gasteiger partial charge in [-0.25, -0.2) is 4.98 Å². The van der Waals surface area contributed by atoms with Gasteiger partial charge in [0.25, 0.3) is 5.91 Å². The van der Waals surface area contributed by atoms with E-state index in [9.17, 15) is 4.79 Å². The summed E-state index contributed by atoms with van der Waals surface area (Å²) in [5.74, 6) is -0.0247. The van der Waals surface area contributed by atoms with Crippen LogP contribution in [0.25, 0.3) is 0 Å². The first-order valence-corrected chi connectivity index (χ1v) is 5.98. The van der Waals surface area contributed by atoms with Crippen molar-refractivity contribution in [1.82, 2.24) is 9.88 Å². The van der Waals surface area contributed by atoms with Crippen molar-refractivity contribution in [3.8, 4) is 0 Å². The fourth-order valence-corrected chi connectivity index (χ4v) is 1.91. The third-order valence-corrected chi connectivity index (χ3v) is 3.04. The number of carbonyl (C=O) groups is 1. The van der Waals surface area contributed by atoms with Crippen molar-refractivity contribution in [1.29, 1.82) is 0 Å². The number of ether oxygens (including phenoxy) is 1. The molecular formula is C11H13BrN2O2. The lowest BCUT2D eigenvalue weighted by Crippen LogP contribution is -2.47. The Morgan fingerprint density at radius 2 is 2.44 bits per heavy atom. The SMILES string of the molecule is C[C@@H]1COCCN1C(=O)c1ccc(Br)cn1. The van der Waals surface area contributed by atoms with Crippen molar-refractivity contribution in [2.24, 2.45) is 0 Å². The van der Waals surface area contributed by atoms with Gasteiger partial charge in [-0.05, 0) is 35.0 Å². The molecule has 2 rings (SSSR count). The van der Waals surface area contributed by atoms with E-state index in [4.69, 9.17) is 4.74 Å². The number of aromatic nitrogens is 1. The molecule has 0 unspecified atom stereocenters. The summed E-state index contributed by atoms with van der Waals surface area (Å²) in [5, 5.41) is 0. The molecule has 1 atom stereocenters. The summed E-state index contributed by atoms with van der Waals surface area (Å²) in [6.45, 7) is 3.82. The molecule has 0 aliphatic carbocycles. The van der Waals surface area contributed by atoms with Crippen molar-refractivity contribution in [3.63, 3.8) is 0 Å². The molecule has 1 amide bonds. The van der Waals surface area contributed by atoms with E-state index in [0.29, 0.717) is 25.5 Å². The molecule has 2 heterocycles. The number of hydrogen-bond donors (Lipinski definition) is 0. The lowest BCUT2D eigenvalue weighted by atomic mass is 10.2. The summed E-state index contributed by atoms with van der Waals surface area (Å²) >= 11 is 3.30. The van der Waals surface area contributed by atoms with Crippen LogP contribution in [0.1, 0.15) is 17.4 Å². The molecule has 4 nitrogen and oxygen atoms in total. The van der Waals surface area contributed by atoms with Crippen LogP contribution in [-0.4, -0.2) is 41.6 Å². The molecule has 1 saturated heterocycles. The molecule has 1 aliphatic heterocycles. The Morgan fingerprint density at radius 3 is 3.06 bits per heavy atom. The summed E-state index contributed by atoms with van der Waals surface area (Å²) < 4.78 is 6.17. The van der Waals surface area contributed by atoms with E-state index in [0.717, 1.165) is 4.47 Å². The van der Waals surface area contributed by atoms with E-state index >= 15 is 0 Å². The fraction of sp³-hybridized carbons (Fsp3) is 0.455. The van der Waals surface area contributed by atoms with Crippen LogP contribution in [0.5, 0.6) is 0 Å². The van der Waals surface area contributed by atoms with E-state index in [-0.39, 0.29) is 11.9 Å². The van der Waals surface area contributed by atoms with Gasteiger partial charge < -0.3 is 9.64 Å². The number of carbonyl (C=O) groups excluding carboxylic acids is 1. The summed E-state index contributed by atoms with van der Waals surface area (Å²) in [4.78, 5) is 18.0. The number of rotatable bonds is 1. The van der Waals surface area contributed by atoms with Gasteiger partial charge in [0.15, 0.2) is 0 Å². The third-order valence-electron chi connectivity index (χ3n) is 2.58. The third kappa shape index (κ3) is 2.41. The predicted octanol–water partition coefficient (Wildman–Crippen LogP) is 1.70. The van der Waals surface area contributed by atoms with Crippen molar-refractivity contribution < 1.29 is 9.53 Å². The molecule has 86 valence electrons. The zero-order valence-electron chi connectivity index (χ0n) is 9.02. The molecule has 1 aromatic heterocycles. The topological polar surface area (TPSA) is 42.4 Å². The van der Waals surface area contributed by atoms with Gasteiger partial charge in [-0.15, -0.1) is 0 Å². The number of nitrogens with zero attached hydrogens (tertiary/aromatic N) is 2. The standard InChI is InChI=1S/C11H13BrN2O2/c1-8-7-16-5-4-14(8)11(15)10-3-2-9(12)6-13-10/h2-3,6,8H,4-5,7H2,1H3/t8-/m1/s1. The van der Waals surface area contributed by atoms with Gasteiger partial charge in [0, 0.05) is 17.2 Å². The first-order chi connectivity index (χ1) is 7.68. The second kappa shape index (κ2) is 4.93. The van der Waals surface area contributed by atoms with Crippen LogP contribution in [-0.2, 0) is 4.74 Å². The van der Waals surface area contributed by atoms with Gasteiger partial charge in [0.2, 0.25) is 0 Å². The zero-order chi connectivity index (χ0) is 11.5. The van der Waals surface area contributed by atoms with Gasteiger partial charge in [-0.2, -0.15) is 0 Å². The normalized spacial score (nSPS) is 20.9. The molecule has 1 fully saturated rings. The van der Waals surface area contributed by atoms with Crippen molar-refractivity contribution in [3.05, 3.63) is 28.5 Å². The van der Waals surface area contributed by atoms with Gasteiger partial charge in [-0.1, -0.05) is 0 Å². The monoisotopic (exact) mass is 284 g/mol. The average Bonchev–Trinajstić information content (AvgIpc) is 2.30. The average molecular weight is 285 g/mol. The maximum Gasteiger partial charge on any atom is 0.272 e. The molecule has 0 radical (unpaired) electrons. The Balaban J connectivity index is 2.14. The molecule has 16 heavy (non-hydrogen) atoms. The van der Waals surface area contributed by atoms with Gasteiger partial charge in [0.1, 0.15) is 5.69 Å². The van der Waals surface area contributed by atoms with Crippen LogP contribution in [0, 0.1) is 0 Å². The molecular weight excluding hydrogens is 272 g/mol. The predicted molar refractivity (Wildman–Crippen MR) is 63.3 cm³/mol. The highest BCUT2D eigenvalue weighted by Gasteiger charge is 2.25. The van der Waals surface area contributed by atoms with Crippen LogP contribution in [0.4, 0.5) is 0 Å². The molecule has 5 heteroatoms. The van der Waals surface area contributed by atoms with Crippen LogP contribution >= 0.6 is 15.9 Å². The first-order valence-electron chi connectivity index (χ1n) is 5.19. The van der Waals surface area contributed by atoms with Crippen LogP contribution in [0.15, 0.2) is 22.8 Å². The van der Waals surface area contributed by atoms with Gasteiger partial charge in [-0.3, -0.25) is 4.79 Å². The number of hydrogen-bond acceptors (Lipinski definition) is 3. The van der Waals surface area contributed by atoms with Crippen LogP contribution in [0.3, 0.4) is 0 Å². The summed E-state index contributed by atoms with van der Waals surface area (Å²) in [6.07, 6.45) is 1.64. The van der Waals surface area contributed by atoms with E-state index in [1.807, 2.05) is 13.0 Å². The number of pyridine rings is 1. The number of halogens is 1. The van der Waals surface area contributed by atoms with Gasteiger partial charge in [0.05, 0.1) is 19.3 Å². The maximum atomic E-state index is 12.1.